The number of aliphatic hydroxyl groups excluding tert-OH is 1. The minimum Gasteiger partial charge on any atom is -0.395 e. The smallest absolute Gasteiger partial charge is 0.395 e. The van der Waals surface area contributed by atoms with Gasteiger partial charge in [0.05, 0.1) is 17.9 Å². The van der Waals surface area contributed by atoms with Crippen molar-refractivity contribution in [2.45, 2.75) is 6.18 Å². The Morgan fingerprint density at radius 2 is 2.06 bits per heavy atom. The van der Waals surface area contributed by atoms with E-state index >= 15 is 0 Å². The van der Waals surface area contributed by atoms with Gasteiger partial charge in [-0.3, -0.25) is 0 Å². The summed E-state index contributed by atoms with van der Waals surface area (Å²) in [6.45, 7) is 3.63. The molecule has 0 unspecified atom stereocenters. The standard InChI is InChI=1S/C12H13BrF3NO/c1-2-5-17(6-7-18)11-8-9(13)3-4-10(11)12(14,15)16/h2-4,8,18H,1,5-7H2. The molecule has 0 aliphatic heterocycles. The topological polar surface area (TPSA) is 23.5 Å². The number of aliphatic hydroxyl groups is 1. The third-order valence-electron chi connectivity index (χ3n) is 2.33. The number of alkyl halides is 3. The maximum atomic E-state index is 12.9. The third-order valence-corrected chi connectivity index (χ3v) is 2.82. The molecule has 100 valence electrons. The summed E-state index contributed by atoms with van der Waals surface area (Å²) in [5, 5.41) is 8.92. The molecule has 1 rings (SSSR count). The van der Waals surface area contributed by atoms with Gasteiger partial charge in [0.15, 0.2) is 0 Å². The summed E-state index contributed by atoms with van der Waals surface area (Å²) in [7, 11) is 0. The Balaban J connectivity index is 3.25. The average molecular weight is 324 g/mol. The Bertz CT molecular complexity index is 420. The molecular formula is C12H13BrF3NO. The lowest BCUT2D eigenvalue weighted by atomic mass is 10.1. The van der Waals surface area contributed by atoms with Crippen molar-refractivity contribution in [2.24, 2.45) is 0 Å². The molecule has 1 aromatic rings. The van der Waals surface area contributed by atoms with Crippen LogP contribution in [0.15, 0.2) is 35.3 Å². The fourth-order valence-electron chi connectivity index (χ4n) is 1.59. The van der Waals surface area contributed by atoms with Crippen molar-refractivity contribution in [1.82, 2.24) is 0 Å². The highest BCUT2D eigenvalue weighted by Gasteiger charge is 2.34. The molecule has 2 nitrogen and oxygen atoms in total. The Kier molecular flexibility index (Phi) is 5.22. The summed E-state index contributed by atoms with van der Waals surface area (Å²) in [5.41, 5.74) is -0.688. The molecule has 0 atom stereocenters. The summed E-state index contributed by atoms with van der Waals surface area (Å²) in [5.74, 6) is 0. The van der Waals surface area contributed by atoms with Gasteiger partial charge in [0.25, 0.3) is 0 Å². The first kappa shape index (κ1) is 15.0. The molecule has 1 aromatic carbocycles. The third kappa shape index (κ3) is 3.74. The van der Waals surface area contributed by atoms with Gasteiger partial charge in [-0.05, 0) is 18.2 Å². The van der Waals surface area contributed by atoms with Crippen molar-refractivity contribution in [1.29, 1.82) is 0 Å². The van der Waals surface area contributed by atoms with E-state index in [0.717, 1.165) is 6.07 Å². The Morgan fingerprint density at radius 1 is 1.39 bits per heavy atom. The molecule has 0 aliphatic rings. The fourth-order valence-corrected chi connectivity index (χ4v) is 1.94. The summed E-state index contributed by atoms with van der Waals surface area (Å²) in [6, 6.07) is 3.76. The lowest BCUT2D eigenvalue weighted by Gasteiger charge is -2.26. The van der Waals surface area contributed by atoms with Gasteiger partial charge in [-0.15, -0.1) is 6.58 Å². The first-order valence-electron chi connectivity index (χ1n) is 5.23. The van der Waals surface area contributed by atoms with Crippen molar-refractivity contribution < 1.29 is 18.3 Å². The molecule has 0 amide bonds. The molecule has 0 radical (unpaired) electrons. The molecule has 0 spiro atoms. The predicted octanol–water partition coefficient (Wildman–Crippen LogP) is 3.45. The molecule has 0 aromatic heterocycles. The van der Waals surface area contributed by atoms with Crippen molar-refractivity contribution >= 4 is 21.6 Å². The molecule has 0 saturated heterocycles. The van der Waals surface area contributed by atoms with Gasteiger partial charge in [0.1, 0.15) is 0 Å². The highest BCUT2D eigenvalue weighted by molar-refractivity contribution is 9.10. The van der Waals surface area contributed by atoms with Gasteiger partial charge in [-0.25, -0.2) is 0 Å². The summed E-state index contributed by atoms with van der Waals surface area (Å²) < 4.78 is 39.2. The lowest BCUT2D eigenvalue weighted by molar-refractivity contribution is -0.137. The van der Waals surface area contributed by atoms with E-state index in [0.29, 0.717) is 4.47 Å². The van der Waals surface area contributed by atoms with Crippen molar-refractivity contribution in [2.75, 3.05) is 24.6 Å². The van der Waals surface area contributed by atoms with Gasteiger partial charge >= 0.3 is 6.18 Å². The molecule has 0 saturated carbocycles. The van der Waals surface area contributed by atoms with Gasteiger partial charge in [-0.2, -0.15) is 13.2 Å². The monoisotopic (exact) mass is 323 g/mol. The predicted molar refractivity (Wildman–Crippen MR) is 68.6 cm³/mol. The second-order valence-corrected chi connectivity index (χ2v) is 4.53. The average Bonchev–Trinajstić information content (AvgIpc) is 2.27. The number of nitrogens with zero attached hydrogens (tertiary/aromatic N) is 1. The number of rotatable bonds is 5. The van der Waals surface area contributed by atoms with E-state index in [4.69, 9.17) is 5.11 Å². The Morgan fingerprint density at radius 3 is 2.56 bits per heavy atom. The van der Waals surface area contributed by atoms with Crippen LogP contribution < -0.4 is 4.90 Å². The van der Waals surface area contributed by atoms with Crippen LogP contribution in [0.4, 0.5) is 18.9 Å². The van der Waals surface area contributed by atoms with E-state index in [1.165, 1.54) is 23.1 Å². The zero-order chi connectivity index (χ0) is 13.8. The normalized spacial score (nSPS) is 11.4. The van der Waals surface area contributed by atoms with Gasteiger partial charge in [0.2, 0.25) is 0 Å². The van der Waals surface area contributed by atoms with Gasteiger partial charge in [-0.1, -0.05) is 22.0 Å². The number of hydrogen-bond donors (Lipinski definition) is 1. The molecule has 0 heterocycles. The summed E-state index contributed by atoms with van der Waals surface area (Å²) in [4.78, 5) is 1.43. The zero-order valence-electron chi connectivity index (χ0n) is 9.54. The van der Waals surface area contributed by atoms with Crippen LogP contribution in [0.1, 0.15) is 5.56 Å². The van der Waals surface area contributed by atoms with Crippen LogP contribution in [-0.4, -0.2) is 24.8 Å². The highest BCUT2D eigenvalue weighted by atomic mass is 79.9. The van der Waals surface area contributed by atoms with E-state index in [9.17, 15) is 13.2 Å². The number of halogens is 4. The summed E-state index contributed by atoms with van der Waals surface area (Å²) in [6.07, 6.45) is -2.93. The minimum absolute atomic E-state index is 0.0332. The maximum Gasteiger partial charge on any atom is 0.418 e. The van der Waals surface area contributed by atoms with Gasteiger partial charge < -0.3 is 10.0 Å². The van der Waals surface area contributed by atoms with Crippen molar-refractivity contribution in [3.63, 3.8) is 0 Å². The molecule has 0 fully saturated rings. The zero-order valence-corrected chi connectivity index (χ0v) is 11.1. The van der Waals surface area contributed by atoms with Crippen LogP contribution in [0, 0.1) is 0 Å². The second-order valence-electron chi connectivity index (χ2n) is 3.62. The van der Waals surface area contributed by atoms with E-state index < -0.39 is 11.7 Å². The second kappa shape index (κ2) is 6.24. The first-order chi connectivity index (χ1) is 8.40. The molecule has 0 aliphatic carbocycles. The van der Waals surface area contributed by atoms with Crippen LogP contribution >= 0.6 is 15.9 Å². The van der Waals surface area contributed by atoms with Crippen LogP contribution in [0.25, 0.3) is 0 Å². The van der Waals surface area contributed by atoms with Gasteiger partial charge in [0, 0.05) is 17.6 Å². The van der Waals surface area contributed by atoms with E-state index in [1.807, 2.05) is 0 Å². The molecule has 1 N–H and O–H groups in total. The number of anilines is 1. The fraction of sp³-hybridized carbons (Fsp3) is 0.333. The molecule has 0 bridgehead atoms. The Labute approximate surface area is 112 Å². The molecule has 6 heteroatoms. The molecular weight excluding hydrogens is 311 g/mol. The van der Waals surface area contributed by atoms with Crippen molar-refractivity contribution in [3.05, 3.63) is 40.9 Å². The van der Waals surface area contributed by atoms with Crippen LogP contribution in [0.5, 0.6) is 0 Å². The first-order valence-corrected chi connectivity index (χ1v) is 6.03. The highest BCUT2D eigenvalue weighted by Crippen LogP contribution is 2.38. The van der Waals surface area contributed by atoms with E-state index in [2.05, 4.69) is 22.5 Å². The van der Waals surface area contributed by atoms with E-state index in [1.54, 1.807) is 0 Å². The minimum atomic E-state index is -4.43. The quantitative estimate of drug-likeness (QED) is 0.839. The van der Waals surface area contributed by atoms with Crippen molar-refractivity contribution in [3.8, 4) is 0 Å². The van der Waals surface area contributed by atoms with Crippen LogP contribution in [0.3, 0.4) is 0 Å². The lowest BCUT2D eigenvalue weighted by Crippen LogP contribution is -2.29. The maximum absolute atomic E-state index is 12.9. The van der Waals surface area contributed by atoms with Crippen LogP contribution in [-0.2, 0) is 6.18 Å². The Hall–Kier alpha value is -1.01. The molecule has 18 heavy (non-hydrogen) atoms. The number of hydrogen-bond acceptors (Lipinski definition) is 2. The summed E-state index contributed by atoms with van der Waals surface area (Å²) >= 11 is 3.15. The van der Waals surface area contributed by atoms with Crippen LogP contribution in [0.2, 0.25) is 0 Å². The van der Waals surface area contributed by atoms with E-state index in [-0.39, 0.29) is 25.4 Å². The number of benzene rings is 1. The largest absolute Gasteiger partial charge is 0.418 e. The SMILES string of the molecule is C=CCN(CCO)c1cc(Br)ccc1C(F)(F)F.